The predicted octanol–water partition coefficient (Wildman–Crippen LogP) is 4.19. The topological polar surface area (TPSA) is 20.2 Å². The van der Waals surface area contributed by atoms with Gasteiger partial charge in [0.15, 0.2) is 0 Å². The summed E-state index contributed by atoms with van der Waals surface area (Å²) in [6, 6.07) is 10.5. The molecule has 1 aliphatic carbocycles. The second-order valence-electron chi connectivity index (χ2n) is 4.52. The zero-order valence-corrected chi connectivity index (χ0v) is 11.9. The first-order valence-corrected chi connectivity index (χ1v) is 7.29. The van der Waals surface area contributed by atoms with Crippen molar-refractivity contribution < 1.29 is 5.11 Å². The Morgan fingerprint density at radius 3 is 2.82 bits per heavy atom. The molecule has 1 N–H and O–H groups in total. The van der Waals surface area contributed by atoms with Crippen LogP contribution in [0.3, 0.4) is 0 Å². The molecular weight excluding hydrogens is 296 g/mol. The summed E-state index contributed by atoms with van der Waals surface area (Å²) in [4.78, 5) is 2.29. The first-order chi connectivity index (χ1) is 8.16. The Morgan fingerprint density at radius 2 is 2.18 bits per heavy atom. The van der Waals surface area contributed by atoms with Crippen LogP contribution in [-0.4, -0.2) is 5.11 Å². The van der Waals surface area contributed by atoms with Gasteiger partial charge < -0.3 is 5.11 Å². The summed E-state index contributed by atoms with van der Waals surface area (Å²) >= 11 is 5.21. The minimum Gasteiger partial charge on any atom is -0.387 e. The minimum absolute atomic E-state index is 0.264. The fraction of sp³-hybridized carbons (Fsp3) is 0.286. The van der Waals surface area contributed by atoms with E-state index in [4.69, 9.17) is 0 Å². The van der Waals surface area contributed by atoms with Crippen LogP contribution in [0.1, 0.15) is 32.9 Å². The van der Waals surface area contributed by atoms with Gasteiger partial charge in [-0.25, -0.2) is 0 Å². The fourth-order valence-corrected chi connectivity index (χ4v) is 4.40. The van der Waals surface area contributed by atoms with Crippen LogP contribution in [0.25, 0.3) is 0 Å². The van der Waals surface area contributed by atoms with Crippen LogP contribution in [0.2, 0.25) is 0 Å². The lowest BCUT2D eigenvalue weighted by Gasteiger charge is -2.33. The van der Waals surface area contributed by atoms with Gasteiger partial charge in [-0.3, -0.25) is 0 Å². The largest absolute Gasteiger partial charge is 0.387 e. The number of benzene rings is 1. The van der Waals surface area contributed by atoms with Gasteiger partial charge in [-0.2, -0.15) is 0 Å². The summed E-state index contributed by atoms with van der Waals surface area (Å²) in [6.07, 6.45) is 0.610. The van der Waals surface area contributed by atoms with E-state index in [1.165, 1.54) is 16.0 Å². The second kappa shape index (κ2) is 4.23. The highest BCUT2D eigenvalue weighted by Gasteiger charge is 2.34. The number of aliphatic hydroxyl groups excluding tert-OH is 1. The number of halogens is 1. The first-order valence-electron chi connectivity index (χ1n) is 5.68. The van der Waals surface area contributed by atoms with Crippen LogP contribution >= 0.6 is 27.3 Å². The molecule has 1 nitrogen and oxygen atoms in total. The molecule has 2 unspecified atom stereocenters. The maximum Gasteiger partial charge on any atom is 0.0964 e. The Hall–Kier alpha value is -0.640. The molecule has 0 spiro atoms. The van der Waals surface area contributed by atoms with Crippen LogP contribution < -0.4 is 0 Å². The molecule has 0 fully saturated rings. The maximum absolute atomic E-state index is 10.5. The first kappa shape index (κ1) is 11.5. The van der Waals surface area contributed by atoms with E-state index in [9.17, 15) is 5.11 Å². The third kappa shape index (κ3) is 1.86. The summed E-state index contributed by atoms with van der Waals surface area (Å²) in [5, 5.41) is 10.5. The molecule has 0 bridgehead atoms. The number of hydrogen-bond acceptors (Lipinski definition) is 2. The molecule has 3 rings (SSSR count). The van der Waals surface area contributed by atoms with Crippen LogP contribution in [0.5, 0.6) is 0 Å². The molecule has 1 heterocycles. The fourth-order valence-electron chi connectivity index (χ4n) is 2.46. The number of hydrogen-bond donors (Lipinski definition) is 1. The van der Waals surface area contributed by atoms with Gasteiger partial charge in [0, 0.05) is 20.1 Å². The summed E-state index contributed by atoms with van der Waals surface area (Å²) in [5.41, 5.74) is 2.68. The van der Waals surface area contributed by atoms with Crippen molar-refractivity contribution in [1.29, 1.82) is 0 Å². The number of rotatable bonds is 2. The highest BCUT2D eigenvalue weighted by molar-refractivity contribution is 9.10. The molecule has 1 aromatic heterocycles. The van der Waals surface area contributed by atoms with Crippen molar-refractivity contribution in [2.75, 3.05) is 0 Å². The number of aliphatic hydroxyl groups is 1. The molecular formula is C14H13BrOS. The monoisotopic (exact) mass is 308 g/mol. The average molecular weight is 309 g/mol. The van der Waals surface area contributed by atoms with Gasteiger partial charge in [0.05, 0.1) is 6.10 Å². The standard InChI is InChI=1S/C14H13BrOS/c1-8-6-12(15)14(17-8)13(16)11-7-9-4-2-3-5-10(9)11/h2-6,11,13,16H,7H2,1H3. The highest BCUT2D eigenvalue weighted by atomic mass is 79.9. The summed E-state index contributed by atoms with van der Waals surface area (Å²) in [5.74, 6) is 0.264. The van der Waals surface area contributed by atoms with Crippen molar-refractivity contribution in [2.24, 2.45) is 0 Å². The highest BCUT2D eigenvalue weighted by Crippen LogP contribution is 2.46. The molecule has 3 heteroatoms. The third-order valence-corrected chi connectivity index (χ3v) is 5.42. The maximum atomic E-state index is 10.5. The molecule has 88 valence electrons. The zero-order valence-electron chi connectivity index (χ0n) is 9.48. The number of thiophene rings is 1. The molecule has 1 aromatic carbocycles. The molecule has 1 aliphatic rings. The lowest BCUT2D eigenvalue weighted by molar-refractivity contribution is 0.137. The molecule has 0 saturated heterocycles. The lowest BCUT2D eigenvalue weighted by Crippen LogP contribution is -2.23. The quantitative estimate of drug-likeness (QED) is 0.882. The van der Waals surface area contributed by atoms with Crippen molar-refractivity contribution in [3.05, 3.63) is 55.7 Å². The Kier molecular flexibility index (Phi) is 2.85. The van der Waals surface area contributed by atoms with Gasteiger partial charge in [0.2, 0.25) is 0 Å². The van der Waals surface area contributed by atoms with E-state index in [0.29, 0.717) is 0 Å². The van der Waals surface area contributed by atoms with Crippen LogP contribution in [-0.2, 0) is 6.42 Å². The van der Waals surface area contributed by atoms with Crippen molar-refractivity contribution in [1.82, 2.24) is 0 Å². The Morgan fingerprint density at radius 1 is 1.41 bits per heavy atom. The van der Waals surface area contributed by atoms with Gasteiger partial charge in [-0.05, 0) is 46.5 Å². The van der Waals surface area contributed by atoms with E-state index >= 15 is 0 Å². The zero-order chi connectivity index (χ0) is 12.0. The van der Waals surface area contributed by atoms with E-state index in [1.54, 1.807) is 11.3 Å². The van der Waals surface area contributed by atoms with Crippen molar-refractivity contribution >= 4 is 27.3 Å². The van der Waals surface area contributed by atoms with Gasteiger partial charge in [0.25, 0.3) is 0 Å². The summed E-state index contributed by atoms with van der Waals surface area (Å²) < 4.78 is 1.04. The van der Waals surface area contributed by atoms with Crippen molar-refractivity contribution in [2.45, 2.75) is 25.4 Å². The SMILES string of the molecule is Cc1cc(Br)c(C(O)C2Cc3ccccc32)s1. The number of aryl methyl sites for hydroxylation is 1. The van der Waals surface area contributed by atoms with Gasteiger partial charge in [-0.15, -0.1) is 11.3 Å². The lowest BCUT2D eigenvalue weighted by atomic mass is 9.74. The molecule has 0 radical (unpaired) electrons. The molecule has 0 aliphatic heterocycles. The third-order valence-electron chi connectivity index (χ3n) is 3.38. The molecule has 17 heavy (non-hydrogen) atoms. The van der Waals surface area contributed by atoms with Crippen LogP contribution in [0, 0.1) is 6.92 Å². The van der Waals surface area contributed by atoms with Crippen LogP contribution in [0.4, 0.5) is 0 Å². The average Bonchev–Trinajstić information content (AvgIpc) is 2.59. The Balaban J connectivity index is 1.91. The van der Waals surface area contributed by atoms with Gasteiger partial charge >= 0.3 is 0 Å². The number of fused-ring (bicyclic) bond motifs is 1. The normalized spacial score (nSPS) is 19.6. The second-order valence-corrected chi connectivity index (χ2v) is 6.67. The van der Waals surface area contributed by atoms with Crippen LogP contribution in [0.15, 0.2) is 34.8 Å². The molecule has 0 amide bonds. The van der Waals surface area contributed by atoms with Gasteiger partial charge in [-0.1, -0.05) is 24.3 Å². The molecule has 0 saturated carbocycles. The van der Waals surface area contributed by atoms with Crippen molar-refractivity contribution in [3.8, 4) is 0 Å². The van der Waals surface area contributed by atoms with Crippen molar-refractivity contribution in [3.63, 3.8) is 0 Å². The minimum atomic E-state index is -0.377. The summed E-state index contributed by atoms with van der Waals surface area (Å²) in [7, 11) is 0. The van der Waals surface area contributed by atoms with E-state index in [0.717, 1.165) is 15.8 Å². The predicted molar refractivity (Wildman–Crippen MR) is 74.6 cm³/mol. The summed E-state index contributed by atoms with van der Waals surface area (Å²) in [6.45, 7) is 2.07. The van der Waals surface area contributed by atoms with E-state index in [-0.39, 0.29) is 12.0 Å². The molecule has 2 atom stereocenters. The van der Waals surface area contributed by atoms with E-state index < -0.39 is 0 Å². The Labute approximate surface area is 113 Å². The Bertz CT molecular complexity index is 561. The van der Waals surface area contributed by atoms with E-state index in [2.05, 4.69) is 47.1 Å². The smallest absolute Gasteiger partial charge is 0.0964 e. The van der Waals surface area contributed by atoms with Gasteiger partial charge in [0.1, 0.15) is 0 Å². The molecule has 2 aromatic rings. The van der Waals surface area contributed by atoms with E-state index in [1.807, 2.05) is 6.07 Å².